The summed E-state index contributed by atoms with van der Waals surface area (Å²) in [6.07, 6.45) is 0. The van der Waals surface area contributed by atoms with Crippen molar-refractivity contribution in [1.29, 1.82) is 0 Å². The third kappa shape index (κ3) is 6.74. The molecule has 6 nitrogen and oxygen atoms in total. The Hall–Kier alpha value is -2.09. The van der Waals surface area contributed by atoms with Gasteiger partial charge >= 0.3 is 5.97 Å². The first kappa shape index (κ1) is 16.0. The first-order valence-corrected chi connectivity index (χ1v) is 6.59. The van der Waals surface area contributed by atoms with Crippen LogP contribution in [-0.2, 0) is 14.4 Å². The van der Waals surface area contributed by atoms with Gasteiger partial charge < -0.3 is 15.7 Å². The molecule has 0 aliphatic heterocycles. The van der Waals surface area contributed by atoms with E-state index in [2.05, 4.69) is 10.6 Å². The van der Waals surface area contributed by atoms with E-state index in [1.54, 1.807) is 12.1 Å². The Bertz CT molecular complexity index is 493. The van der Waals surface area contributed by atoms with Crippen molar-refractivity contribution < 1.29 is 23.9 Å². The highest BCUT2D eigenvalue weighted by molar-refractivity contribution is 8.00. The number of thioether (sulfide) groups is 1. The Morgan fingerprint density at radius 2 is 1.65 bits per heavy atom. The minimum Gasteiger partial charge on any atom is -0.480 e. The second-order valence-electron chi connectivity index (χ2n) is 3.69. The number of nitrogens with one attached hydrogen (secondary N) is 2. The van der Waals surface area contributed by atoms with E-state index in [4.69, 9.17) is 5.11 Å². The molecule has 0 heterocycles. The van der Waals surface area contributed by atoms with E-state index in [0.29, 0.717) is 0 Å². The average molecular weight is 300 g/mol. The summed E-state index contributed by atoms with van der Waals surface area (Å²) in [5.74, 6) is -2.37. The van der Waals surface area contributed by atoms with Gasteiger partial charge in [0.1, 0.15) is 12.4 Å². The summed E-state index contributed by atoms with van der Waals surface area (Å²) in [6.45, 7) is -0.769. The minimum atomic E-state index is -1.16. The summed E-state index contributed by atoms with van der Waals surface area (Å²) in [7, 11) is 0. The van der Waals surface area contributed by atoms with E-state index in [9.17, 15) is 18.8 Å². The minimum absolute atomic E-state index is 0.0812. The summed E-state index contributed by atoms with van der Waals surface area (Å²) < 4.78 is 12.6. The van der Waals surface area contributed by atoms with Crippen LogP contribution in [0.3, 0.4) is 0 Å². The van der Waals surface area contributed by atoms with E-state index in [0.717, 1.165) is 4.90 Å². The molecule has 0 radical (unpaired) electrons. The largest absolute Gasteiger partial charge is 0.480 e. The molecule has 8 heteroatoms. The summed E-state index contributed by atoms with van der Waals surface area (Å²) in [6, 6.07) is 5.68. The highest BCUT2D eigenvalue weighted by atomic mass is 32.2. The third-order valence-electron chi connectivity index (χ3n) is 2.07. The van der Waals surface area contributed by atoms with Gasteiger partial charge in [-0.3, -0.25) is 14.4 Å². The fraction of sp³-hybridized carbons (Fsp3) is 0.250. The second kappa shape index (κ2) is 8.16. The fourth-order valence-corrected chi connectivity index (χ4v) is 1.87. The lowest BCUT2D eigenvalue weighted by Crippen LogP contribution is -2.39. The molecule has 0 unspecified atom stereocenters. The zero-order valence-corrected chi connectivity index (χ0v) is 11.2. The topological polar surface area (TPSA) is 95.5 Å². The smallest absolute Gasteiger partial charge is 0.322 e. The van der Waals surface area contributed by atoms with Crippen molar-refractivity contribution in [3.8, 4) is 0 Å². The third-order valence-corrected chi connectivity index (χ3v) is 3.08. The predicted octanol–water partition coefficient (Wildman–Crippen LogP) is 0.235. The van der Waals surface area contributed by atoms with Gasteiger partial charge in [-0.2, -0.15) is 0 Å². The molecule has 1 aromatic carbocycles. The summed E-state index contributed by atoms with van der Waals surface area (Å²) >= 11 is 1.20. The highest BCUT2D eigenvalue weighted by Crippen LogP contribution is 2.17. The molecule has 108 valence electrons. The number of rotatable bonds is 7. The zero-order chi connectivity index (χ0) is 15.0. The molecule has 0 aliphatic rings. The molecular formula is C12H13FN2O4S. The maximum atomic E-state index is 12.6. The van der Waals surface area contributed by atoms with Gasteiger partial charge in [-0.1, -0.05) is 0 Å². The Balaban J connectivity index is 2.21. The van der Waals surface area contributed by atoms with Crippen LogP contribution >= 0.6 is 11.8 Å². The lowest BCUT2D eigenvalue weighted by Gasteiger charge is -2.05. The van der Waals surface area contributed by atoms with Crippen LogP contribution in [0.2, 0.25) is 0 Å². The molecule has 1 aromatic rings. The van der Waals surface area contributed by atoms with Crippen molar-refractivity contribution in [2.24, 2.45) is 0 Å². The SMILES string of the molecule is O=C(O)CNC(=O)CNC(=O)CSc1ccc(F)cc1. The van der Waals surface area contributed by atoms with E-state index in [-0.39, 0.29) is 24.0 Å². The molecule has 0 spiro atoms. The number of carbonyl (C=O) groups is 3. The summed E-state index contributed by atoms with van der Waals surface area (Å²) in [4.78, 5) is 33.5. The Morgan fingerprint density at radius 3 is 2.25 bits per heavy atom. The molecule has 0 saturated carbocycles. The maximum absolute atomic E-state index is 12.6. The molecule has 1 rings (SSSR count). The van der Waals surface area contributed by atoms with Gasteiger partial charge in [-0.15, -0.1) is 11.8 Å². The van der Waals surface area contributed by atoms with Gasteiger partial charge in [0.15, 0.2) is 0 Å². The van der Waals surface area contributed by atoms with Crippen LogP contribution in [-0.4, -0.2) is 41.7 Å². The zero-order valence-electron chi connectivity index (χ0n) is 10.4. The quantitative estimate of drug-likeness (QED) is 0.627. The maximum Gasteiger partial charge on any atom is 0.322 e. The lowest BCUT2D eigenvalue weighted by molar-refractivity contribution is -0.137. The van der Waals surface area contributed by atoms with Gasteiger partial charge in [0, 0.05) is 4.90 Å². The van der Waals surface area contributed by atoms with Gasteiger partial charge in [0.25, 0.3) is 0 Å². The monoisotopic (exact) mass is 300 g/mol. The molecule has 0 saturated heterocycles. The van der Waals surface area contributed by atoms with Crippen LogP contribution in [0.4, 0.5) is 4.39 Å². The van der Waals surface area contributed by atoms with Gasteiger partial charge in [-0.05, 0) is 24.3 Å². The molecular weight excluding hydrogens is 287 g/mol. The number of carbonyl (C=O) groups excluding carboxylic acids is 2. The summed E-state index contributed by atoms with van der Waals surface area (Å²) in [5, 5.41) is 12.8. The Kier molecular flexibility index (Phi) is 6.51. The molecule has 0 atom stereocenters. The van der Waals surface area contributed by atoms with Crippen molar-refractivity contribution in [1.82, 2.24) is 10.6 Å². The van der Waals surface area contributed by atoms with Crippen molar-refractivity contribution in [2.75, 3.05) is 18.8 Å². The first-order chi connectivity index (χ1) is 9.47. The highest BCUT2D eigenvalue weighted by Gasteiger charge is 2.07. The number of amides is 2. The van der Waals surface area contributed by atoms with E-state index in [1.807, 2.05) is 0 Å². The number of aliphatic carboxylic acids is 1. The normalized spacial score (nSPS) is 9.85. The van der Waals surface area contributed by atoms with Gasteiger partial charge in [0.2, 0.25) is 11.8 Å². The fourth-order valence-electron chi connectivity index (χ4n) is 1.15. The number of carboxylic acid groups (broad SMARTS) is 1. The average Bonchev–Trinajstić information content (AvgIpc) is 2.42. The second-order valence-corrected chi connectivity index (χ2v) is 4.74. The molecule has 20 heavy (non-hydrogen) atoms. The molecule has 0 aliphatic carbocycles. The molecule has 2 amide bonds. The number of carboxylic acids is 1. The number of hydrogen-bond acceptors (Lipinski definition) is 4. The summed E-state index contributed by atoms with van der Waals surface area (Å²) in [5.41, 5.74) is 0. The van der Waals surface area contributed by atoms with Crippen molar-refractivity contribution >= 4 is 29.5 Å². The van der Waals surface area contributed by atoms with Crippen LogP contribution in [0.1, 0.15) is 0 Å². The Labute approximate surface area is 118 Å². The van der Waals surface area contributed by atoms with E-state index < -0.39 is 18.4 Å². The van der Waals surface area contributed by atoms with Crippen LogP contribution in [0.25, 0.3) is 0 Å². The van der Waals surface area contributed by atoms with Crippen molar-refractivity contribution in [3.05, 3.63) is 30.1 Å². The first-order valence-electron chi connectivity index (χ1n) is 5.61. The van der Waals surface area contributed by atoms with Crippen LogP contribution in [0.15, 0.2) is 29.2 Å². The van der Waals surface area contributed by atoms with Crippen LogP contribution in [0, 0.1) is 5.82 Å². The van der Waals surface area contributed by atoms with Crippen LogP contribution < -0.4 is 10.6 Å². The predicted molar refractivity (Wildman–Crippen MR) is 70.8 cm³/mol. The van der Waals surface area contributed by atoms with Crippen molar-refractivity contribution in [3.63, 3.8) is 0 Å². The number of benzene rings is 1. The molecule has 3 N–H and O–H groups in total. The number of hydrogen-bond donors (Lipinski definition) is 3. The van der Waals surface area contributed by atoms with Crippen molar-refractivity contribution in [2.45, 2.75) is 4.90 Å². The number of halogens is 1. The Morgan fingerprint density at radius 1 is 1.05 bits per heavy atom. The molecule has 0 fully saturated rings. The van der Waals surface area contributed by atoms with Gasteiger partial charge in [-0.25, -0.2) is 4.39 Å². The van der Waals surface area contributed by atoms with E-state index >= 15 is 0 Å². The lowest BCUT2D eigenvalue weighted by atomic mass is 10.4. The standard InChI is InChI=1S/C12H13FN2O4S/c13-8-1-3-9(4-2-8)20-7-11(17)14-5-10(16)15-6-12(18)19/h1-4H,5-7H2,(H,14,17)(H,15,16)(H,18,19). The van der Waals surface area contributed by atoms with E-state index in [1.165, 1.54) is 23.9 Å². The van der Waals surface area contributed by atoms with Gasteiger partial charge in [0.05, 0.1) is 12.3 Å². The molecule has 0 bridgehead atoms. The molecule has 0 aromatic heterocycles. The van der Waals surface area contributed by atoms with Crippen LogP contribution in [0.5, 0.6) is 0 Å².